The van der Waals surface area contributed by atoms with Gasteiger partial charge in [0.1, 0.15) is 10.1 Å². The van der Waals surface area contributed by atoms with Gasteiger partial charge in [0.25, 0.3) is 5.69 Å². The topological polar surface area (TPSA) is 100 Å². The van der Waals surface area contributed by atoms with E-state index in [0.717, 1.165) is 0 Å². The molecule has 0 fully saturated rings. The predicted molar refractivity (Wildman–Crippen MR) is 91.3 cm³/mol. The van der Waals surface area contributed by atoms with Crippen molar-refractivity contribution in [3.8, 4) is 0 Å². The van der Waals surface area contributed by atoms with Gasteiger partial charge >= 0.3 is 21.2 Å². The molecule has 0 unspecified atom stereocenters. The molecule has 3 aromatic carbocycles. The van der Waals surface area contributed by atoms with E-state index < -0.39 is 10.1 Å². The molecule has 0 N–H and O–H groups in total. The molecule has 6 nitrogen and oxygen atoms in total. The van der Waals surface area contributed by atoms with Gasteiger partial charge in [-0.1, -0.05) is 36.4 Å². The first-order valence-electron chi connectivity index (χ1n) is 7.31. The van der Waals surface area contributed by atoms with Gasteiger partial charge in [0.2, 0.25) is 0 Å². The van der Waals surface area contributed by atoms with E-state index in [1.54, 1.807) is 18.2 Å². The molecule has 3 aromatic rings. The Bertz CT molecular complexity index is 946. The van der Waals surface area contributed by atoms with E-state index in [1.165, 1.54) is 31.4 Å². The quantitative estimate of drug-likeness (QED) is 0.230. The van der Waals surface area contributed by atoms with Crippen molar-refractivity contribution in [1.29, 1.82) is 0 Å². The SMILES string of the molecule is O=S(=O)([O-])c1ccccc1.O=[N+]([O-])c1ccc([I+]c2ccccc2)cc1. The first kappa shape index (κ1) is 20.0. The standard InChI is InChI=1S/C12H9INO2.C6H6O3S/c15-14(16)12-8-6-11(7-9-12)13-10-4-2-1-3-5-10;7-10(8,9)6-4-2-1-3-5-6/h1-9H;1-5H,(H,7,8,9)/q+1;/p-1. The van der Waals surface area contributed by atoms with E-state index in [2.05, 4.69) is 12.1 Å². The number of nitro benzene ring substituents is 1. The largest absolute Gasteiger partial charge is 0.744 e. The van der Waals surface area contributed by atoms with E-state index >= 15 is 0 Å². The number of rotatable bonds is 4. The van der Waals surface area contributed by atoms with Crippen LogP contribution in [-0.4, -0.2) is 17.9 Å². The third-order valence-electron chi connectivity index (χ3n) is 3.02. The summed E-state index contributed by atoms with van der Waals surface area (Å²) in [5, 5.41) is 10.5. The first-order chi connectivity index (χ1) is 12.4. The lowest BCUT2D eigenvalue weighted by Crippen LogP contribution is -3.61. The molecule has 0 saturated carbocycles. The van der Waals surface area contributed by atoms with Gasteiger partial charge in [-0.3, -0.25) is 10.1 Å². The van der Waals surface area contributed by atoms with Gasteiger partial charge in [0.05, 0.1) is 9.82 Å². The van der Waals surface area contributed by atoms with Crippen LogP contribution in [0.15, 0.2) is 89.8 Å². The Hall–Kier alpha value is -2.30. The number of benzene rings is 3. The average Bonchev–Trinajstić information content (AvgIpc) is 2.64. The fourth-order valence-electron chi connectivity index (χ4n) is 1.82. The van der Waals surface area contributed by atoms with Crippen molar-refractivity contribution in [2.24, 2.45) is 0 Å². The Morgan fingerprint density at radius 2 is 1.19 bits per heavy atom. The summed E-state index contributed by atoms with van der Waals surface area (Å²) in [6, 6.07) is 24.2. The Balaban J connectivity index is 0.000000209. The van der Waals surface area contributed by atoms with Crippen molar-refractivity contribution < 1.29 is 39.1 Å². The van der Waals surface area contributed by atoms with E-state index in [9.17, 15) is 23.1 Å². The number of hydrogen-bond donors (Lipinski definition) is 0. The predicted octanol–water partition coefficient (Wildman–Crippen LogP) is 0.314. The summed E-state index contributed by atoms with van der Waals surface area (Å²) in [7, 11) is -4.25. The van der Waals surface area contributed by atoms with Crippen LogP contribution in [0.1, 0.15) is 0 Å². The minimum atomic E-state index is -4.25. The molecule has 0 aliphatic carbocycles. The van der Waals surface area contributed by atoms with Crippen molar-refractivity contribution in [3.05, 3.63) is 102 Å². The highest BCUT2D eigenvalue weighted by molar-refractivity contribution is 7.85. The minimum absolute atomic E-state index is 0.154. The summed E-state index contributed by atoms with van der Waals surface area (Å²) in [5.41, 5.74) is 0.154. The lowest BCUT2D eigenvalue weighted by Gasteiger charge is -2.04. The van der Waals surface area contributed by atoms with Crippen LogP contribution in [0.5, 0.6) is 0 Å². The maximum absolute atomic E-state index is 10.5. The maximum atomic E-state index is 10.5. The van der Waals surface area contributed by atoms with Crippen molar-refractivity contribution >= 4 is 15.8 Å². The second-order valence-electron chi connectivity index (χ2n) is 4.89. The smallest absolute Gasteiger partial charge is 0.357 e. The number of nitrogens with zero attached hydrogens (tertiary/aromatic N) is 1. The lowest BCUT2D eigenvalue weighted by atomic mass is 10.3. The normalized spacial score (nSPS) is 10.5. The van der Waals surface area contributed by atoms with Gasteiger partial charge in [0.15, 0.2) is 7.14 Å². The Labute approximate surface area is 161 Å². The average molecular weight is 483 g/mol. The second kappa shape index (κ2) is 9.41. The zero-order chi connectivity index (χ0) is 19.0. The molecule has 0 amide bonds. The third kappa shape index (κ3) is 6.54. The summed E-state index contributed by atoms with van der Waals surface area (Å²) < 4.78 is 33.3. The molecule has 0 atom stereocenters. The fraction of sp³-hybridized carbons (Fsp3) is 0. The first-order valence-corrected chi connectivity index (χ1v) is 10.9. The monoisotopic (exact) mass is 483 g/mol. The summed E-state index contributed by atoms with van der Waals surface area (Å²) in [4.78, 5) is 9.93. The van der Waals surface area contributed by atoms with E-state index in [0.29, 0.717) is 0 Å². The van der Waals surface area contributed by atoms with Crippen LogP contribution in [0.3, 0.4) is 0 Å². The highest BCUT2D eigenvalue weighted by Crippen LogP contribution is 2.07. The molecule has 134 valence electrons. The lowest BCUT2D eigenvalue weighted by molar-refractivity contribution is -0.597. The van der Waals surface area contributed by atoms with Gasteiger partial charge in [-0.05, 0) is 36.4 Å². The molecule has 26 heavy (non-hydrogen) atoms. The zero-order valence-corrected chi connectivity index (χ0v) is 16.3. The van der Waals surface area contributed by atoms with E-state index in [-0.39, 0.29) is 36.7 Å². The van der Waals surface area contributed by atoms with Crippen LogP contribution < -0.4 is 21.2 Å². The van der Waals surface area contributed by atoms with Crippen molar-refractivity contribution in [2.45, 2.75) is 4.90 Å². The van der Waals surface area contributed by atoms with Crippen molar-refractivity contribution in [1.82, 2.24) is 0 Å². The molecular formula is C18H14INO5S. The molecule has 0 bridgehead atoms. The van der Waals surface area contributed by atoms with Crippen LogP contribution in [0, 0.1) is 17.3 Å². The van der Waals surface area contributed by atoms with Gasteiger partial charge in [-0.2, -0.15) is 0 Å². The Kier molecular flexibility index (Phi) is 7.25. The summed E-state index contributed by atoms with van der Waals surface area (Å²) in [6.45, 7) is 0. The minimum Gasteiger partial charge on any atom is -0.744 e. The van der Waals surface area contributed by atoms with Gasteiger partial charge in [-0.25, -0.2) is 8.42 Å². The van der Waals surface area contributed by atoms with Crippen LogP contribution in [0.25, 0.3) is 0 Å². The molecule has 0 saturated heterocycles. The van der Waals surface area contributed by atoms with Gasteiger partial charge in [-0.15, -0.1) is 0 Å². The molecule has 0 aliphatic rings. The van der Waals surface area contributed by atoms with E-state index in [1.807, 2.05) is 30.3 Å². The summed E-state index contributed by atoms with van der Waals surface area (Å²) >= 11 is -0.227. The number of nitro groups is 1. The van der Waals surface area contributed by atoms with Crippen LogP contribution in [0.2, 0.25) is 0 Å². The number of hydrogen-bond acceptors (Lipinski definition) is 5. The summed E-state index contributed by atoms with van der Waals surface area (Å²) in [5.74, 6) is 0. The molecule has 8 heteroatoms. The zero-order valence-electron chi connectivity index (χ0n) is 13.4. The number of non-ortho nitro benzene ring substituents is 1. The molecular weight excluding hydrogens is 469 g/mol. The van der Waals surface area contributed by atoms with Crippen molar-refractivity contribution in [2.75, 3.05) is 0 Å². The molecule has 0 heterocycles. The molecule has 0 radical (unpaired) electrons. The highest BCUT2D eigenvalue weighted by atomic mass is 127. The molecule has 0 spiro atoms. The van der Waals surface area contributed by atoms with Crippen LogP contribution in [-0.2, 0) is 10.1 Å². The van der Waals surface area contributed by atoms with E-state index in [4.69, 9.17) is 0 Å². The fourth-order valence-corrected chi connectivity index (χ4v) is 4.52. The van der Waals surface area contributed by atoms with Crippen LogP contribution >= 0.6 is 0 Å². The second-order valence-corrected chi connectivity index (χ2v) is 9.30. The van der Waals surface area contributed by atoms with Crippen LogP contribution in [0.4, 0.5) is 5.69 Å². The third-order valence-corrected chi connectivity index (χ3v) is 6.55. The van der Waals surface area contributed by atoms with Gasteiger partial charge in [0, 0.05) is 12.1 Å². The van der Waals surface area contributed by atoms with Gasteiger partial charge < -0.3 is 4.55 Å². The Morgan fingerprint density at radius 1 is 0.731 bits per heavy atom. The maximum Gasteiger partial charge on any atom is 0.357 e. The highest BCUT2D eigenvalue weighted by Gasteiger charge is 2.16. The number of halogens is 1. The molecule has 3 rings (SSSR count). The Morgan fingerprint density at radius 3 is 1.62 bits per heavy atom. The molecule has 0 aromatic heterocycles. The van der Waals surface area contributed by atoms with Crippen molar-refractivity contribution in [3.63, 3.8) is 0 Å². The molecule has 0 aliphatic heterocycles. The summed E-state index contributed by atoms with van der Waals surface area (Å²) in [6.07, 6.45) is 0.